The summed E-state index contributed by atoms with van der Waals surface area (Å²) < 4.78 is 85.8. The molecule has 0 spiro atoms. The molecule has 4 rings (SSSR count). The van der Waals surface area contributed by atoms with E-state index in [1.54, 1.807) is 4.90 Å². The van der Waals surface area contributed by atoms with E-state index in [-0.39, 0.29) is 36.4 Å². The largest absolute Gasteiger partial charge is 0.416 e. The van der Waals surface area contributed by atoms with E-state index in [1.165, 1.54) is 6.92 Å². The Bertz CT molecular complexity index is 1060. The van der Waals surface area contributed by atoms with Gasteiger partial charge in [-0.15, -0.1) is 0 Å². The molecule has 2 heterocycles. The number of carbonyl (C=O) groups excluding carboxylic acids is 1. The van der Waals surface area contributed by atoms with Gasteiger partial charge in [0.1, 0.15) is 0 Å². The number of hydrogen-bond acceptors (Lipinski definition) is 3. The second kappa shape index (κ2) is 9.59. The summed E-state index contributed by atoms with van der Waals surface area (Å²) in [6, 6.07) is 10.4. The fraction of sp³-hybridized carbons (Fsp3) is 0.480. The highest BCUT2D eigenvalue weighted by Gasteiger charge is 2.46. The molecule has 11 heteroatoms. The lowest BCUT2D eigenvalue weighted by atomic mass is 9.87. The Morgan fingerprint density at radius 1 is 1.03 bits per heavy atom. The Morgan fingerprint density at radius 2 is 1.64 bits per heavy atom. The molecule has 196 valence electrons. The van der Waals surface area contributed by atoms with Gasteiger partial charge in [0.15, 0.2) is 0 Å². The van der Waals surface area contributed by atoms with Gasteiger partial charge in [0.25, 0.3) is 0 Å². The Kier molecular flexibility index (Phi) is 7.00. The molecule has 0 aromatic heterocycles. The van der Waals surface area contributed by atoms with E-state index in [4.69, 9.17) is 4.74 Å². The number of alkyl halides is 6. The third kappa shape index (κ3) is 5.31. The summed E-state index contributed by atoms with van der Waals surface area (Å²) in [7, 11) is 0. The van der Waals surface area contributed by atoms with Crippen molar-refractivity contribution >= 4 is 6.03 Å². The second-order valence-corrected chi connectivity index (χ2v) is 9.42. The number of nitrogens with zero attached hydrogens (tertiary/aromatic N) is 1. The fourth-order valence-corrected chi connectivity index (χ4v) is 4.95. The highest BCUT2D eigenvalue weighted by Crippen LogP contribution is 2.39. The van der Waals surface area contributed by atoms with Gasteiger partial charge in [-0.2, -0.15) is 26.3 Å². The predicted octanol–water partition coefficient (Wildman–Crippen LogP) is 5.47. The van der Waals surface area contributed by atoms with Crippen LogP contribution in [0.1, 0.15) is 48.6 Å². The van der Waals surface area contributed by atoms with E-state index in [1.807, 2.05) is 37.3 Å². The third-order valence-electron chi connectivity index (χ3n) is 6.90. The lowest BCUT2D eigenvalue weighted by molar-refractivity contribution is -0.143. The van der Waals surface area contributed by atoms with Crippen LogP contribution in [0.15, 0.2) is 48.5 Å². The van der Waals surface area contributed by atoms with Crippen molar-refractivity contribution in [3.63, 3.8) is 0 Å². The van der Waals surface area contributed by atoms with E-state index in [9.17, 15) is 31.1 Å². The molecular formula is C25H27F6N3O2. The number of urea groups is 1. The lowest BCUT2D eigenvalue weighted by Gasteiger charge is -2.33. The van der Waals surface area contributed by atoms with Crippen LogP contribution in [0.25, 0.3) is 0 Å². The van der Waals surface area contributed by atoms with Crippen LogP contribution in [0.5, 0.6) is 0 Å². The second-order valence-electron chi connectivity index (χ2n) is 9.42. The number of benzene rings is 2. The number of halogens is 6. The maximum atomic E-state index is 13.3. The quantitative estimate of drug-likeness (QED) is 0.502. The number of hydrogen-bond donors (Lipinski definition) is 2. The molecule has 36 heavy (non-hydrogen) atoms. The molecule has 2 aromatic rings. The van der Waals surface area contributed by atoms with Gasteiger partial charge in [0.05, 0.1) is 29.4 Å². The van der Waals surface area contributed by atoms with Gasteiger partial charge in [-0.3, -0.25) is 0 Å². The number of ether oxygens (including phenoxy) is 1. The van der Waals surface area contributed by atoms with Gasteiger partial charge >= 0.3 is 18.4 Å². The Balaban J connectivity index is 1.60. The molecule has 2 aromatic carbocycles. The van der Waals surface area contributed by atoms with Crippen LogP contribution in [-0.2, 0) is 22.6 Å². The van der Waals surface area contributed by atoms with Crippen LogP contribution in [0.2, 0.25) is 0 Å². The molecule has 2 fully saturated rings. The van der Waals surface area contributed by atoms with Crippen molar-refractivity contribution < 1.29 is 35.9 Å². The fourth-order valence-electron chi connectivity index (χ4n) is 4.95. The first kappa shape index (κ1) is 26.3. The van der Waals surface area contributed by atoms with Crippen molar-refractivity contribution in [3.05, 3.63) is 70.8 Å². The molecule has 0 radical (unpaired) electrons. The van der Waals surface area contributed by atoms with E-state index >= 15 is 0 Å². The summed E-state index contributed by atoms with van der Waals surface area (Å²) in [5.74, 6) is 0. The normalized spacial score (nSPS) is 25.8. The molecule has 2 N–H and O–H groups in total. The van der Waals surface area contributed by atoms with Crippen molar-refractivity contribution in [2.75, 3.05) is 19.7 Å². The average molecular weight is 515 g/mol. The average Bonchev–Trinajstić information content (AvgIpc) is 3.40. The first-order valence-electron chi connectivity index (χ1n) is 11.6. The van der Waals surface area contributed by atoms with E-state index in [2.05, 4.69) is 10.6 Å². The highest BCUT2D eigenvalue weighted by atomic mass is 19.4. The summed E-state index contributed by atoms with van der Waals surface area (Å²) in [5.41, 5.74) is -2.91. The van der Waals surface area contributed by atoms with E-state index < -0.39 is 35.1 Å². The summed E-state index contributed by atoms with van der Waals surface area (Å²) in [6.45, 7) is 4.34. The molecule has 4 atom stereocenters. The van der Waals surface area contributed by atoms with Crippen LogP contribution in [0.4, 0.5) is 31.1 Å². The summed E-state index contributed by atoms with van der Waals surface area (Å²) >= 11 is 0. The Labute approximate surface area is 204 Å². The molecule has 2 aliphatic heterocycles. The Morgan fingerprint density at radius 3 is 2.17 bits per heavy atom. The van der Waals surface area contributed by atoms with E-state index in [0.29, 0.717) is 31.6 Å². The molecular weight excluding hydrogens is 488 g/mol. The first-order chi connectivity index (χ1) is 16.8. The van der Waals surface area contributed by atoms with Gasteiger partial charge < -0.3 is 20.3 Å². The molecule has 5 nitrogen and oxygen atoms in total. The number of amides is 2. The van der Waals surface area contributed by atoms with Gasteiger partial charge in [0, 0.05) is 25.2 Å². The van der Waals surface area contributed by atoms with Crippen LogP contribution >= 0.6 is 0 Å². The van der Waals surface area contributed by atoms with Crippen LogP contribution in [-0.4, -0.2) is 42.7 Å². The number of carbonyl (C=O) groups is 1. The predicted molar refractivity (Wildman–Crippen MR) is 120 cm³/mol. The summed E-state index contributed by atoms with van der Waals surface area (Å²) in [5, 5.41) is 6.24. The van der Waals surface area contributed by atoms with Crippen molar-refractivity contribution in [2.24, 2.45) is 0 Å². The number of rotatable bonds is 6. The van der Waals surface area contributed by atoms with Gasteiger partial charge in [0.2, 0.25) is 0 Å². The standard InChI is InChI=1S/C25H27F6N3O2/c1-15-12-32-22(35)34(15)21-11-23(33-13-21,18-6-4-3-5-7-18)14-36-16(2)17-8-19(24(26,27)28)10-20(9-17)25(29,30)31/h3-10,15-16,21,33H,11-14H2,1-2H3,(H,32,35). The maximum Gasteiger partial charge on any atom is 0.416 e. The van der Waals surface area contributed by atoms with Gasteiger partial charge in [-0.1, -0.05) is 30.3 Å². The maximum absolute atomic E-state index is 13.3. The molecule has 0 aliphatic carbocycles. The minimum Gasteiger partial charge on any atom is -0.372 e. The first-order valence-corrected chi connectivity index (χ1v) is 11.6. The zero-order valence-electron chi connectivity index (χ0n) is 19.7. The zero-order chi connectivity index (χ0) is 26.3. The summed E-state index contributed by atoms with van der Waals surface area (Å²) in [4.78, 5) is 14.1. The minimum absolute atomic E-state index is 0.0124. The third-order valence-corrected chi connectivity index (χ3v) is 6.90. The van der Waals surface area contributed by atoms with Gasteiger partial charge in [-0.25, -0.2) is 4.79 Å². The summed E-state index contributed by atoms with van der Waals surface area (Å²) in [6.07, 6.45) is -10.5. The lowest BCUT2D eigenvalue weighted by Crippen LogP contribution is -2.43. The molecule has 2 saturated heterocycles. The monoisotopic (exact) mass is 515 g/mol. The molecule has 2 amide bonds. The zero-order valence-corrected chi connectivity index (χ0v) is 19.7. The van der Waals surface area contributed by atoms with Crippen LogP contribution < -0.4 is 10.6 Å². The van der Waals surface area contributed by atoms with Crippen LogP contribution in [0, 0.1) is 0 Å². The van der Waals surface area contributed by atoms with Crippen molar-refractivity contribution in [2.45, 2.75) is 56.3 Å². The molecule has 4 unspecified atom stereocenters. The van der Waals surface area contributed by atoms with Crippen molar-refractivity contribution in [3.8, 4) is 0 Å². The SMILES string of the molecule is CC(OCC1(c2ccccc2)CC(N2C(=O)NCC2C)CN1)c1cc(C(F)(F)F)cc(C(F)(F)F)c1. The Hall–Kier alpha value is -2.79. The molecule has 2 aliphatic rings. The highest BCUT2D eigenvalue weighted by molar-refractivity contribution is 5.77. The van der Waals surface area contributed by atoms with Crippen molar-refractivity contribution in [1.29, 1.82) is 0 Å². The molecule has 0 saturated carbocycles. The van der Waals surface area contributed by atoms with Crippen molar-refractivity contribution in [1.82, 2.24) is 15.5 Å². The van der Waals surface area contributed by atoms with Crippen LogP contribution in [0.3, 0.4) is 0 Å². The smallest absolute Gasteiger partial charge is 0.372 e. The van der Waals surface area contributed by atoms with Gasteiger partial charge in [-0.05, 0) is 49.6 Å². The minimum atomic E-state index is -4.94. The van der Waals surface area contributed by atoms with E-state index in [0.717, 1.165) is 5.56 Å². The number of nitrogens with one attached hydrogen (secondary N) is 2. The molecule has 0 bridgehead atoms. The topological polar surface area (TPSA) is 53.6 Å².